The minimum Gasteiger partial charge on any atom is -0.267 e. The third-order valence-electron chi connectivity index (χ3n) is 2.98. The van der Waals surface area contributed by atoms with Gasteiger partial charge >= 0.3 is 0 Å². The second kappa shape index (κ2) is 4.94. The van der Waals surface area contributed by atoms with Crippen molar-refractivity contribution < 1.29 is 9.59 Å². The summed E-state index contributed by atoms with van der Waals surface area (Å²) < 4.78 is 0. The Kier molecular flexibility index (Phi) is 3.12. The second-order valence-electron chi connectivity index (χ2n) is 4.49. The van der Waals surface area contributed by atoms with Gasteiger partial charge in [-0.05, 0) is 42.1 Å². The molecule has 3 rings (SSSR count). The van der Waals surface area contributed by atoms with Gasteiger partial charge < -0.3 is 0 Å². The summed E-state index contributed by atoms with van der Waals surface area (Å²) in [5.74, 6) is -0.695. The number of hydrogen-bond donors (Lipinski definition) is 1. The van der Waals surface area contributed by atoms with E-state index in [1.54, 1.807) is 12.1 Å². The molecule has 1 N–H and O–H groups in total. The van der Waals surface area contributed by atoms with Crippen LogP contribution in [0.4, 0.5) is 5.69 Å². The van der Waals surface area contributed by atoms with Crippen LogP contribution < -0.4 is 10.4 Å². The third kappa shape index (κ3) is 2.23. The first-order valence-electron chi connectivity index (χ1n) is 6.12. The SMILES string of the molecule is Cc1cccc(N2NC(=O)/C(=C/c3cccs3)C2=O)c1. The van der Waals surface area contributed by atoms with E-state index in [0.29, 0.717) is 5.69 Å². The number of nitrogens with zero attached hydrogens (tertiary/aromatic N) is 1. The number of rotatable bonds is 2. The maximum atomic E-state index is 12.3. The Morgan fingerprint density at radius 2 is 2.05 bits per heavy atom. The van der Waals surface area contributed by atoms with Crippen molar-refractivity contribution in [1.29, 1.82) is 0 Å². The molecule has 20 heavy (non-hydrogen) atoms. The van der Waals surface area contributed by atoms with E-state index in [4.69, 9.17) is 0 Å². The van der Waals surface area contributed by atoms with Crippen LogP contribution in [0, 0.1) is 6.92 Å². The molecule has 1 fully saturated rings. The number of aryl methyl sites for hydroxylation is 1. The van der Waals surface area contributed by atoms with Crippen molar-refractivity contribution in [2.24, 2.45) is 0 Å². The van der Waals surface area contributed by atoms with E-state index >= 15 is 0 Å². The summed E-state index contributed by atoms with van der Waals surface area (Å²) in [4.78, 5) is 25.2. The van der Waals surface area contributed by atoms with Gasteiger partial charge in [-0.3, -0.25) is 15.0 Å². The Morgan fingerprint density at radius 3 is 2.75 bits per heavy atom. The molecule has 1 aromatic carbocycles. The largest absolute Gasteiger partial charge is 0.282 e. The molecule has 100 valence electrons. The molecule has 1 aromatic heterocycles. The Labute approximate surface area is 120 Å². The Hall–Kier alpha value is -2.40. The van der Waals surface area contributed by atoms with Gasteiger partial charge in [-0.25, -0.2) is 5.01 Å². The lowest BCUT2D eigenvalue weighted by Gasteiger charge is -2.14. The van der Waals surface area contributed by atoms with E-state index in [9.17, 15) is 9.59 Å². The highest BCUT2D eigenvalue weighted by Crippen LogP contribution is 2.23. The zero-order valence-corrected chi connectivity index (χ0v) is 11.6. The molecular formula is C15H12N2O2S. The highest BCUT2D eigenvalue weighted by Gasteiger charge is 2.34. The fourth-order valence-electron chi connectivity index (χ4n) is 2.02. The summed E-state index contributed by atoms with van der Waals surface area (Å²) >= 11 is 1.49. The molecule has 0 unspecified atom stereocenters. The van der Waals surface area contributed by atoms with E-state index < -0.39 is 0 Å². The molecule has 0 saturated carbocycles. The summed E-state index contributed by atoms with van der Waals surface area (Å²) in [7, 11) is 0. The van der Waals surface area contributed by atoms with Crippen LogP contribution >= 0.6 is 11.3 Å². The molecule has 2 amide bonds. The number of nitrogens with one attached hydrogen (secondary N) is 1. The lowest BCUT2D eigenvalue weighted by atomic mass is 10.2. The van der Waals surface area contributed by atoms with Crippen molar-refractivity contribution in [3.8, 4) is 0 Å². The molecule has 0 bridgehead atoms. The number of benzene rings is 1. The van der Waals surface area contributed by atoms with Crippen LogP contribution in [0.3, 0.4) is 0 Å². The number of hydrogen-bond acceptors (Lipinski definition) is 3. The third-order valence-corrected chi connectivity index (χ3v) is 3.80. The first-order valence-corrected chi connectivity index (χ1v) is 7.00. The van der Waals surface area contributed by atoms with E-state index in [-0.39, 0.29) is 17.4 Å². The van der Waals surface area contributed by atoms with Gasteiger partial charge in [-0.2, -0.15) is 0 Å². The Balaban J connectivity index is 1.95. The zero-order chi connectivity index (χ0) is 14.1. The standard InChI is InChI=1S/C15H12N2O2S/c1-10-4-2-5-11(8-10)17-15(19)13(14(18)16-17)9-12-6-3-7-20-12/h2-9H,1H3,(H,16,18)/b13-9-. The number of carbonyl (C=O) groups is 2. The topological polar surface area (TPSA) is 49.4 Å². The first-order chi connectivity index (χ1) is 9.65. The molecule has 5 heteroatoms. The molecule has 1 aliphatic heterocycles. The van der Waals surface area contributed by atoms with Crippen molar-refractivity contribution in [3.05, 3.63) is 57.8 Å². The van der Waals surface area contributed by atoms with Crippen molar-refractivity contribution in [3.63, 3.8) is 0 Å². The van der Waals surface area contributed by atoms with Gasteiger partial charge in [0.25, 0.3) is 11.8 Å². The average Bonchev–Trinajstić information content (AvgIpc) is 3.02. The maximum Gasteiger partial charge on any atom is 0.282 e. The normalized spacial score (nSPS) is 16.9. The number of anilines is 1. The summed E-state index contributed by atoms with van der Waals surface area (Å²) in [6.45, 7) is 1.94. The molecule has 0 radical (unpaired) electrons. The van der Waals surface area contributed by atoms with E-state index in [1.807, 2.05) is 42.6 Å². The van der Waals surface area contributed by atoms with Crippen LogP contribution in [-0.2, 0) is 9.59 Å². The van der Waals surface area contributed by atoms with Gasteiger partial charge in [0.2, 0.25) is 0 Å². The van der Waals surface area contributed by atoms with Crippen LogP contribution in [0.2, 0.25) is 0 Å². The average molecular weight is 284 g/mol. The minimum absolute atomic E-state index is 0.161. The van der Waals surface area contributed by atoms with Crippen LogP contribution in [0.25, 0.3) is 6.08 Å². The van der Waals surface area contributed by atoms with Crippen LogP contribution in [0.5, 0.6) is 0 Å². The highest BCUT2D eigenvalue weighted by molar-refractivity contribution is 7.10. The van der Waals surface area contributed by atoms with E-state index in [0.717, 1.165) is 10.4 Å². The molecule has 0 spiro atoms. The molecule has 1 saturated heterocycles. The predicted molar refractivity (Wildman–Crippen MR) is 79.1 cm³/mol. The molecule has 2 aromatic rings. The van der Waals surface area contributed by atoms with Crippen LogP contribution in [0.1, 0.15) is 10.4 Å². The lowest BCUT2D eigenvalue weighted by molar-refractivity contribution is -0.117. The van der Waals surface area contributed by atoms with Crippen molar-refractivity contribution >= 4 is 34.9 Å². The van der Waals surface area contributed by atoms with E-state index in [2.05, 4.69) is 5.43 Å². The van der Waals surface area contributed by atoms with Crippen molar-refractivity contribution in [2.45, 2.75) is 6.92 Å². The van der Waals surface area contributed by atoms with Crippen molar-refractivity contribution in [2.75, 3.05) is 5.01 Å². The molecule has 2 heterocycles. The van der Waals surface area contributed by atoms with Gasteiger partial charge in [0.05, 0.1) is 5.69 Å². The zero-order valence-electron chi connectivity index (χ0n) is 10.8. The fourth-order valence-corrected chi connectivity index (χ4v) is 2.68. The molecule has 0 atom stereocenters. The summed E-state index contributed by atoms with van der Waals surface area (Å²) in [5.41, 5.74) is 4.44. The van der Waals surface area contributed by atoms with E-state index in [1.165, 1.54) is 16.3 Å². The number of carbonyl (C=O) groups excluding carboxylic acids is 2. The molecule has 0 aliphatic carbocycles. The molecule has 1 aliphatic rings. The first kappa shape index (κ1) is 12.6. The van der Waals surface area contributed by atoms with Crippen molar-refractivity contribution in [1.82, 2.24) is 5.43 Å². The van der Waals surface area contributed by atoms with Crippen LogP contribution in [0.15, 0.2) is 47.4 Å². The summed E-state index contributed by atoms with van der Waals surface area (Å²) in [6, 6.07) is 11.2. The monoisotopic (exact) mass is 284 g/mol. The summed E-state index contributed by atoms with van der Waals surface area (Å²) in [6.07, 6.45) is 1.62. The van der Waals surface area contributed by atoms with Gasteiger partial charge in [0, 0.05) is 4.88 Å². The molecular weight excluding hydrogens is 272 g/mol. The molecule has 4 nitrogen and oxygen atoms in total. The predicted octanol–water partition coefficient (Wildman–Crippen LogP) is 2.52. The summed E-state index contributed by atoms with van der Waals surface area (Å²) in [5, 5.41) is 3.19. The smallest absolute Gasteiger partial charge is 0.267 e. The maximum absolute atomic E-state index is 12.3. The van der Waals surface area contributed by atoms with Gasteiger partial charge in [-0.1, -0.05) is 18.2 Å². The minimum atomic E-state index is -0.370. The highest BCUT2D eigenvalue weighted by atomic mass is 32.1. The quantitative estimate of drug-likeness (QED) is 0.680. The van der Waals surface area contributed by atoms with Gasteiger partial charge in [-0.15, -0.1) is 11.3 Å². The Morgan fingerprint density at radius 1 is 1.20 bits per heavy atom. The van der Waals surface area contributed by atoms with Crippen LogP contribution in [-0.4, -0.2) is 11.8 Å². The van der Waals surface area contributed by atoms with Gasteiger partial charge in [0.15, 0.2) is 0 Å². The number of hydrazine groups is 1. The second-order valence-corrected chi connectivity index (χ2v) is 5.47. The lowest BCUT2D eigenvalue weighted by Crippen LogP contribution is -2.35. The fraction of sp³-hybridized carbons (Fsp3) is 0.0667. The van der Waals surface area contributed by atoms with Gasteiger partial charge in [0.1, 0.15) is 5.57 Å². The number of thiophene rings is 1. The number of amides is 2. The Bertz CT molecular complexity index is 704.